The van der Waals surface area contributed by atoms with Gasteiger partial charge in [-0.3, -0.25) is 4.98 Å². The summed E-state index contributed by atoms with van der Waals surface area (Å²) in [5.41, 5.74) is 1.58. The largest absolute Gasteiger partial charge is 0.444 e. The average molecular weight is 319 g/mol. The summed E-state index contributed by atoms with van der Waals surface area (Å²) in [7, 11) is 0. The summed E-state index contributed by atoms with van der Waals surface area (Å²) in [5, 5.41) is 3.38. The van der Waals surface area contributed by atoms with Crippen LogP contribution in [0.5, 0.6) is 0 Å². The minimum absolute atomic E-state index is 0.151. The molecule has 3 rings (SSSR count). The zero-order chi connectivity index (χ0) is 16.6. The minimum atomic E-state index is -0.485. The van der Waals surface area contributed by atoms with Crippen molar-refractivity contribution in [2.45, 2.75) is 38.8 Å². The number of likely N-dealkylation sites (tertiary alicyclic amines) is 1. The lowest BCUT2D eigenvalue weighted by Gasteiger charge is -2.24. The summed E-state index contributed by atoms with van der Waals surface area (Å²) < 4.78 is 10.4. The van der Waals surface area contributed by atoms with Crippen molar-refractivity contribution in [3.05, 3.63) is 28.7 Å². The summed E-state index contributed by atoms with van der Waals surface area (Å²) in [6, 6.07) is 5.58. The number of anilines is 1. The quantitative estimate of drug-likeness (QED) is 0.888. The van der Waals surface area contributed by atoms with Crippen LogP contribution in [0.2, 0.25) is 0 Å². The first-order valence-electron chi connectivity index (χ1n) is 7.67. The summed E-state index contributed by atoms with van der Waals surface area (Å²) in [5.74, 6) is -0.464. The fourth-order valence-electron chi connectivity index (χ4n) is 2.65. The molecule has 124 valence electrons. The van der Waals surface area contributed by atoms with E-state index in [1.807, 2.05) is 32.9 Å². The molecule has 0 bridgehead atoms. The molecule has 0 aliphatic carbocycles. The smallest absolute Gasteiger partial charge is 0.417 e. The number of hydrogen-bond donors (Lipinski definition) is 2. The first-order valence-corrected chi connectivity index (χ1v) is 7.67. The molecular weight excluding hydrogens is 298 g/mol. The molecule has 1 aromatic heterocycles. The van der Waals surface area contributed by atoms with Gasteiger partial charge in [0.25, 0.3) is 0 Å². The van der Waals surface area contributed by atoms with Crippen molar-refractivity contribution < 1.29 is 13.9 Å². The fourth-order valence-corrected chi connectivity index (χ4v) is 2.65. The van der Waals surface area contributed by atoms with Crippen LogP contribution in [0.3, 0.4) is 0 Å². The SMILES string of the molecule is CC(C)(C)OC(=O)N1CCC(Nc2ccc3oc(=O)[nH]c3c2)C1. The van der Waals surface area contributed by atoms with Crippen LogP contribution in [-0.4, -0.2) is 40.7 Å². The monoisotopic (exact) mass is 319 g/mol. The van der Waals surface area contributed by atoms with E-state index in [1.54, 1.807) is 11.0 Å². The highest BCUT2D eigenvalue weighted by Gasteiger charge is 2.29. The third-order valence-corrected chi connectivity index (χ3v) is 3.63. The molecule has 1 amide bonds. The van der Waals surface area contributed by atoms with Gasteiger partial charge in [-0.25, -0.2) is 9.59 Å². The number of fused-ring (bicyclic) bond motifs is 1. The molecule has 23 heavy (non-hydrogen) atoms. The van der Waals surface area contributed by atoms with Crippen molar-refractivity contribution in [2.75, 3.05) is 18.4 Å². The molecule has 0 saturated carbocycles. The molecule has 1 unspecified atom stereocenters. The van der Waals surface area contributed by atoms with E-state index < -0.39 is 11.4 Å². The molecular formula is C16H21N3O4. The van der Waals surface area contributed by atoms with E-state index >= 15 is 0 Å². The van der Waals surface area contributed by atoms with Gasteiger partial charge in [0, 0.05) is 24.8 Å². The van der Waals surface area contributed by atoms with E-state index in [1.165, 1.54) is 0 Å². The van der Waals surface area contributed by atoms with Crippen LogP contribution in [-0.2, 0) is 4.74 Å². The molecule has 1 atom stereocenters. The molecule has 0 radical (unpaired) electrons. The van der Waals surface area contributed by atoms with Gasteiger partial charge >= 0.3 is 11.8 Å². The van der Waals surface area contributed by atoms with E-state index in [0.717, 1.165) is 12.1 Å². The number of aromatic nitrogens is 1. The predicted octanol–water partition coefficient (Wildman–Crippen LogP) is 2.54. The van der Waals surface area contributed by atoms with Crippen LogP contribution in [0.4, 0.5) is 10.5 Å². The standard InChI is InChI=1S/C16H21N3O4/c1-16(2,3)23-15(21)19-7-6-11(9-19)17-10-4-5-13-12(8-10)18-14(20)22-13/h4-5,8,11,17H,6-7,9H2,1-3H3,(H,18,20). The maximum Gasteiger partial charge on any atom is 0.417 e. The van der Waals surface area contributed by atoms with Crippen LogP contribution in [0.15, 0.2) is 27.4 Å². The van der Waals surface area contributed by atoms with E-state index in [0.29, 0.717) is 24.2 Å². The van der Waals surface area contributed by atoms with Gasteiger partial charge in [-0.05, 0) is 45.4 Å². The number of H-pyrrole nitrogens is 1. The second-order valence-corrected chi connectivity index (χ2v) is 6.78. The molecule has 2 aromatic rings. The first kappa shape index (κ1) is 15.5. The van der Waals surface area contributed by atoms with Crippen molar-refractivity contribution in [3.8, 4) is 0 Å². The number of aromatic amines is 1. The third kappa shape index (κ3) is 3.67. The highest BCUT2D eigenvalue weighted by molar-refractivity contribution is 5.77. The highest BCUT2D eigenvalue weighted by atomic mass is 16.6. The van der Waals surface area contributed by atoms with Gasteiger partial charge in [0.2, 0.25) is 0 Å². The van der Waals surface area contributed by atoms with Crippen LogP contribution in [0, 0.1) is 0 Å². The molecule has 2 heterocycles. The molecule has 1 aliphatic heterocycles. The van der Waals surface area contributed by atoms with Crippen LogP contribution >= 0.6 is 0 Å². The Bertz CT molecular complexity index is 771. The maximum atomic E-state index is 12.1. The number of ether oxygens (including phenoxy) is 1. The fraction of sp³-hybridized carbons (Fsp3) is 0.500. The number of nitrogens with one attached hydrogen (secondary N) is 2. The number of carbonyl (C=O) groups excluding carboxylic acids is 1. The lowest BCUT2D eigenvalue weighted by molar-refractivity contribution is 0.0293. The van der Waals surface area contributed by atoms with Crippen molar-refractivity contribution in [1.29, 1.82) is 0 Å². The second-order valence-electron chi connectivity index (χ2n) is 6.78. The van der Waals surface area contributed by atoms with Crippen LogP contribution in [0.25, 0.3) is 11.1 Å². The Kier molecular flexibility index (Phi) is 3.79. The van der Waals surface area contributed by atoms with Gasteiger partial charge in [-0.1, -0.05) is 0 Å². The topological polar surface area (TPSA) is 87.6 Å². The Labute approximate surface area is 133 Å². The van der Waals surface area contributed by atoms with E-state index in [9.17, 15) is 9.59 Å². The minimum Gasteiger partial charge on any atom is -0.444 e. The highest BCUT2D eigenvalue weighted by Crippen LogP contribution is 2.21. The first-order chi connectivity index (χ1) is 10.8. The Morgan fingerprint density at radius 2 is 2.22 bits per heavy atom. The van der Waals surface area contributed by atoms with Gasteiger partial charge in [0.15, 0.2) is 5.58 Å². The summed E-state index contributed by atoms with van der Waals surface area (Å²) in [4.78, 5) is 27.6. The number of amides is 1. The Morgan fingerprint density at radius 3 is 2.96 bits per heavy atom. The molecule has 1 saturated heterocycles. The molecule has 0 spiro atoms. The molecule has 2 N–H and O–H groups in total. The normalized spacial score (nSPS) is 18.4. The summed E-state index contributed by atoms with van der Waals surface area (Å²) in [6.45, 7) is 6.83. The van der Waals surface area contributed by atoms with E-state index in [2.05, 4.69) is 10.3 Å². The molecule has 1 aromatic carbocycles. The Hall–Kier alpha value is -2.44. The molecule has 7 nitrogen and oxygen atoms in total. The Morgan fingerprint density at radius 1 is 1.43 bits per heavy atom. The van der Waals surface area contributed by atoms with Gasteiger partial charge in [0.05, 0.1) is 5.52 Å². The van der Waals surface area contributed by atoms with E-state index in [-0.39, 0.29) is 12.1 Å². The average Bonchev–Trinajstić information content (AvgIpc) is 3.02. The second kappa shape index (κ2) is 5.64. The van der Waals surface area contributed by atoms with E-state index in [4.69, 9.17) is 9.15 Å². The predicted molar refractivity (Wildman–Crippen MR) is 86.7 cm³/mol. The van der Waals surface area contributed by atoms with Crippen molar-refractivity contribution in [3.63, 3.8) is 0 Å². The number of carbonyl (C=O) groups is 1. The number of rotatable bonds is 2. The van der Waals surface area contributed by atoms with Crippen molar-refractivity contribution in [1.82, 2.24) is 9.88 Å². The van der Waals surface area contributed by atoms with Crippen molar-refractivity contribution >= 4 is 22.9 Å². The van der Waals surface area contributed by atoms with Crippen LogP contribution < -0.4 is 11.1 Å². The zero-order valence-electron chi connectivity index (χ0n) is 13.5. The number of oxazole rings is 1. The summed E-state index contributed by atoms with van der Waals surface area (Å²) in [6.07, 6.45) is 0.565. The molecule has 1 fully saturated rings. The number of nitrogens with zero attached hydrogens (tertiary/aromatic N) is 1. The molecule has 7 heteroatoms. The van der Waals surface area contributed by atoms with Gasteiger partial charge in [0.1, 0.15) is 5.60 Å². The van der Waals surface area contributed by atoms with Crippen LogP contribution in [0.1, 0.15) is 27.2 Å². The molecule has 1 aliphatic rings. The lowest BCUT2D eigenvalue weighted by Crippen LogP contribution is -2.36. The van der Waals surface area contributed by atoms with Gasteiger partial charge in [-0.2, -0.15) is 0 Å². The van der Waals surface area contributed by atoms with Gasteiger partial charge < -0.3 is 19.4 Å². The third-order valence-electron chi connectivity index (χ3n) is 3.63. The maximum absolute atomic E-state index is 12.1. The van der Waals surface area contributed by atoms with Crippen molar-refractivity contribution in [2.24, 2.45) is 0 Å². The van der Waals surface area contributed by atoms with Gasteiger partial charge in [-0.15, -0.1) is 0 Å². The Balaban J connectivity index is 1.62. The number of hydrogen-bond acceptors (Lipinski definition) is 5. The lowest BCUT2D eigenvalue weighted by atomic mass is 10.2. The zero-order valence-corrected chi connectivity index (χ0v) is 13.5. The number of benzene rings is 1. The summed E-state index contributed by atoms with van der Waals surface area (Å²) >= 11 is 0.